The lowest BCUT2D eigenvalue weighted by molar-refractivity contribution is -0.140. The van der Waals surface area contributed by atoms with Crippen LogP contribution < -0.4 is 14.8 Å². The molecule has 0 aliphatic heterocycles. The molecule has 1 N–H and O–H groups in total. The van der Waals surface area contributed by atoms with Gasteiger partial charge in [0.15, 0.2) is 11.5 Å². The molecule has 0 saturated carbocycles. The van der Waals surface area contributed by atoms with E-state index < -0.39 is 11.9 Å². The molecule has 2 amide bonds. The van der Waals surface area contributed by atoms with Crippen LogP contribution >= 0.6 is 0 Å². The molecule has 1 atom stereocenters. The van der Waals surface area contributed by atoms with E-state index in [1.54, 1.807) is 45.4 Å². The summed E-state index contributed by atoms with van der Waals surface area (Å²) in [4.78, 5) is 27.3. The number of hydrogen-bond acceptors (Lipinski definition) is 4. The molecule has 0 aliphatic rings. The quantitative estimate of drug-likeness (QED) is 0.570. The molecule has 0 saturated heterocycles. The maximum Gasteiger partial charge on any atom is 0.242 e. The van der Waals surface area contributed by atoms with Crippen molar-refractivity contribution in [2.24, 2.45) is 5.92 Å². The van der Waals surface area contributed by atoms with Crippen LogP contribution in [0.2, 0.25) is 0 Å². The van der Waals surface area contributed by atoms with Gasteiger partial charge in [-0.05, 0) is 43.0 Å². The summed E-state index contributed by atoms with van der Waals surface area (Å²) in [5, 5.41) is 2.86. The SMILES string of the molecule is COc1ccc(CCC(=O)N(Cc2ccccc2F)C(C)C(=O)NCC(C)C)cc1OC. The van der Waals surface area contributed by atoms with Gasteiger partial charge in [-0.1, -0.05) is 38.1 Å². The molecule has 7 heteroatoms. The predicted octanol–water partition coefficient (Wildman–Crippen LogP) is 3.97. The number of carbonyl (C=O) groups is 2. The number of nitrogens with one attached hydrogen (secondary N) is 1. The number of amides is 2. The molecule has 174 valence electrons. The van der Waals surface area contributed by atoms with E-state index >= 15 is 0 Å². The molecule has 0 radical (unpaired) electrons. The summed E-state index contributed by atoms with van der Waals surface area (Å²) in [7, 11) is 3.12. The number of halogens is 1. The van der Waals surface area contributed by atoms with Gasteiger partial charge in [0.1, 0.15) is 11.9 Å². The lowest BCUT2D eigenvalue weighted by Gasteiger charge is -2.29. The summed E-state index contributed by atoms with van der Waals surface area (Å²) in [5.74, 6) is 0.595. The van der Waals surface area contributed by atoms with Crippen LogP contribution in [0.25, 0.3) is 0 Å². The molecule has 0 bridgehead atoms. The Morgan fingerprint density at radius 3 is 2.34 bits per heavy atom. The van der Waals surface area contributed by atoms with Crippen molar-refractivity contribution in [1.29, 1.82) is 0 Å². The monoisotopic (exact) mass is 444 g/mol. The van der Waals surface area contributed by atoms with Crippen molar-refractivity contribution in [2.45, 2.75) is 46.2 Å². The third-order valence-electron chi connectivity index (χ3n) is 5.23. The van der Waals surface area contributed by atoms with E-state index in [1.807, 2.05) is 26.0 Å². The summed E-state index contributed by atoms with van der Waals surface area (Å²) < 4.78 is 24.8. The fraction of sp³-hybridized carbons (Fsp3) is 0.440. The van der Waals surface area contributed by atoms with E-state index in [0.717, 1.165) is 5.56 Å². The summed E-state index contributed by atoms with van der Waals surface area (Å²) in [6.07, 6.45) is 0.624. The van der Waals surface area contributed by atoms with Crippen LogP contribution in [0, 0.1) is 11.7 Å². The number of nitrogens with zero attached hydrogens (tertiary/aromatic N) is 1. The molecule has 2 aromatic rings. The number of aryl methyl sites for hydroxylation is 1. The minimum Gasteiger partial charge on any atom is -0.493 e. The number of methoxy groups -OCH3 is 2. The zero-order valence-corrected chi connectivity index (χ0v) is 19.5. The Morgan fingerprint density at radius 1 is 1.03 bits per heavy atom. The lowest BCUT2D eigenvalue weighted by atomic mass is 10.1. The van der Waals surface area contributed by atoms with E-state index in [4.69, 9.17) is 9.47 Å². The van der Waals surface area contributed by atoms with Gasteiger partial charge in [0.2, 0.25) is 11.8 Å². The first kappa shape index (κ1) is 25.2. The highest BCUT2D eigenvalue weighted by atomic mass is 19.1. The van der Waals surface area contributed by atoms with E-state index in [0.29, 0.717) is 30.0 Å². The van der Waals surface area contributed by atoms with E-state index in [-0.39, 0.29) is 30.7 Å². The highest BCUT2D eigenvalue weighted by molar-refractivity contribution is 5.87. The molecular weight excluding hydrogens is 411 g/mol. The van der Waals surface area contributed by atoms with Crippen LogP contribution in [0.4, 0.5) is 4.39 Å². The molecule has 1 unspecified atom stereocenters. The molecule has 0 spiro atoms. The number of benzene rings is 2. The van der Waals surface area contributed by atoms with Gasteiger partial charge in [0, 0.05) is 25.1 Å². The Hall–Kier alpha value is -3.09. The molecule has 2 rings (SSSR count). The van der Waals surface area contributed by atoms with Gasteiger partial charge < -0.3 is 19.7 Å². The van der Waals surface area contributed by atoms with Crippen LogP contribution in [-0.2, 0) is 22.6 Å². The topological polar surface area (TPSA) is 67.9 Å². The molecule has 6 nitrogen and oxygen atoms in total. The van der Waals surface area contributed by atoms with Crippen molar-refractivity contribution in [3.8, 4) is 11.5 Å². The normalized spacial score (nSPS) is 11.7. The highest BCUT2D eigenvalue weighted by Crippen LogP contribution is 2.28. The van der Waals surface area contributed by atoms with Crippen molar-refractivity contribution >= 4 is 11.8 Å². The third kappa shape index (κ3) is 6.97. The van der Waals surface area contributed by atoms with Crippen molar-refractivity contribution in [2.75, 3.05) is 20.8 Å². The molecule has 0 heterocycles. The summed E-state index contributed by atoms with van der Waals surface area (Å²) >= 11 is 0. The fourth-order valence-corrected chi connectivity index (χ4v) is 3.28. The number of ether oxygens (including phenoxy) is 2. The summed E-state index contributed by atoms with van der Waals surface area (Å²) in [6, 6.07) is 11.0. The highest BCUT2D eigenvalue weighted by Gasteiger charge is 2.26. The Labute approximate surface area is 189 Å². The molecule has 2 aromatic carbocycles. The average molecular weight is 445 g/mol. The van der Waals surface area contributed by atoms with Crippen molar-refractivity contribution in [1.82, 2.24) is 10.2 Å². The van der Waals surface area contributed by atoms with Crippen molar-refractivity contribution < 1.29 is 23.5 Å². The van der Waals surface area contributed by atoms with Gasteiger partial charge in [-0.25, -0.2) is 4.39 Å². The molecular formula is C25H33FN2O4. The maximum atomic E-state index is 14.3. The second-order valence-electron chi connectivity index (χ2n) is 8.12. The second kappa shape index (κ2) is 12.1. The first-order chi connectivity index (χ1) is 15.3. The number of carbonyl (C=O) groups excluding carboxylic acids is 2. The zero-order chi connectivity index (χ0) is 23.7. The van der Waals surface area contributed by atoms with Crippen molar-refractivity contribution in [3.63, 3.8) is 0 Å². The molecule has 0 aliphatic carbocycles. The van der Waals surface area contributed by atoms with Gasteiger partial charge in [0.25, 0.3) is 0 Å². The number of rotatable bonds is 11. The van der Waals surface area contributed by atoms with Crippen LogP contribution in [-0.4, -0.2) is 43.5 Å². The first-order valence-electron chi connectivity index (χ1n) is 10.8. The molecule has 0 fully saturated rings. The summed E-state index contributed by atoms with van der Waals surface area (Å²) in [5.41, 5.74) is 1.27. The van der Waals surface area contributed by atoms with E-state index in [1.165, 1.54) is 11.0 Å². The van der Waals surface area contributed by atoms with Gasteiger partial charge in [-0.2, -0.15) is 0 Å². The smallest absolute Gasteiger partial charge is 0.242 e. The van der Waals surface area contributed by atoms with Crippen LogP contribution in [0.15, 0.2) is 42.5 Å². The average Bonchev–Trinajstić information content (AvgIpc) is 2.79. The van der Waals surface area contributed by atoms with Crippen molar-refractivity contribution in [3.05, 3.63) is 59.4 Å². The molecule has 0 aromatic heterocycles. The Bertz CT molecular complexity index is 917. The van der Waals surface area contributed by atoms with Gasteiger partial charge >= 0.3 is 0 Å². The van der Waals surface area contributed by atoms with Crippen LogP contribution in [0.5, 0.6) is 11.5 Å². The standard InChI is InChI=1S/C25H33FN2O4/c1-17(2)15-27-25(30)18(3)28(16-20-8-6-7-9-21(20)26)24(29)13-11-19-10-12-22(31-4)23(14-19)32-5/h6-10,12,14,17-18H,11,13,15-16H2,1-5H3,(H,27,30). The maximum absolute atomic E-state index is 14.3. The van der Waals surface area contributed by atoms with Gasteiger partial charge in [-0.3, -0.25) is 9.59 Å². The lowest BCUT2D eigenvalue weighted by Crippen LogP contribution is -2.48. The second-order valence-corrected chi connectivity index (χ2v) is 8.12. The van der Waals surface area contributed by atoms with E-state index in [2.05, 4.69) is 5.32 Å². The van der Waals surface area contributed by atoms with E-state index in [9.17, 15) is 14.0 Å². The Kier molecular flexibility index (Phi) is 9.50. The minimum atomic E-state index is -0.730. The van der Waals surface area contributed by atoms with Crippen LogP contribution in [0.1, 0.15) is 38.3 Å². The zero-order valence-electron chi connectivity index (χ0n) is 19.5. The third-order valence-corrected chi connectivity index (χ3v) is 5.23. The fourth-order valence-electron chi connectivity index (χ4n) is 3.28. The van der Waals surface area contributed by atoms with Crippen LogP contribution in [0.3, 0.4) is 0 Å². The summed E-state index contributed by atoms with van der Waals surface area (Å²) in [6.45, 7) is 6.20. The largest absolute Gasteiger partial charge is 0.493 e. The minimum absolute atomic E-state index is 0.0215. The Morgan fingerprint density at radius 2 is 1.72 bits per heavy atom. The predicted molar refractivity (Wildman–Crippen MR) is 122 cm³/mol. The first-order valence-corrected chi connectivity index (χ1v) is 10.8. The molecule has 32 heavy (non-hydrogen) atoms. The van der Waals surface area contributed by atoms with Gasteiger partial charge in [0.05, 0.1) is 14.2 Å². The van der Waals surface area contributed by atoms with Gasteiger partial charge in [-0.15, -0.1) is 0 Å². The Balaban J connectivity index is 2.17. The number of hydrogen-bond donors (Lipinski definition) is 1.